The average Bonchev–Trinajstić information content (AvgIpc) is 2.73. The Balaban J connectivity index is 0.00000289. The molecule has 34 heavy (non-hydrogen) atoms. The molecule has 3 rings (SSSR count). The van der Waals surface area contributed by atoms with Crippen LogP contribution >= 0.6 is 0 Å². The topological polar surface area (TPSA) is 126 Å². The van der Waals surface area contributed by atoms with Crippen LogP contribution in [0, 0.1) is 13.8 Å². The van der Waals surface area contributed by atoms with E-state index in [-0.39, 0.29) is 59.1 Å². The molecule has 0 aliphatic heterocycles. The number of nitrogens with zero attached hydrogens (tertiary/aromatic N) is 1. The summed E-state index contributed by atoms with van der Waals surface area (Å²) >= 11 is 0. The quantitative estimate of drug-likeness (QED) is 0.347. The van der Waals surface area contributed by atoms with E-state index in [1.165, 1.54) is 13.2 Å². The van der Waals surface area contributed by atoms with Crippen molar-refractivity contribution in [3.8, 4) is 16.9 Å². The molecule has 0 radical (unpaired) electrons. The largest absolute Gasteiger partial charge is 1.00 e. The molecule has 2 N–H and O–H groups in total. The summed E-state index contributed by atoms with van der Waals surface area (Å²) in [5.74, 6) is -2.00. The molecule has 0 fully saturated rings. The SMILES string of the molecule is Cc1cccc(C)c1-c1cccc([C@H](CC(=O)[O-])NC(=O)Nc2c([O-])ccn(C)c2=O)c1.[Na+].[Na+]. The number of hydrogen-bond donors (Lipinski definition) is 2. The predicted octanol–water partition coefficient (Wildman–Crippen LogP) is -4.25. The number of rotatable bonds is 6. The van der Waals surface area contributed by atoms with Crippen molar-refractivity contribution in [2.24, 2.45) is 7.05 Å². The number of carbonyl (C=O) groups excluding carboxylic acids is 2. The van der Waals surface area contributed by atoms with Gasteiger partial charge in [0, 0.05) is 25.6 Å². The summed E-state index contributed by atoms with van der Waals surface area (Å²) in [4.78, 5) is 36.0. The number of urea groups is 1. The van der Waals surface area contributed by atoms with Gasteiger partial charge in [0.25, 0.3) is 5.56 Å². The number of anilines is 1. The number of carboxylic acid groups (broad SMARTS) is 1. The van der Waals surface area contributed by atoms with Gasteiger partial charge in [-0.05, 0) is 47.7 Å². The van der Waals surface area contributed by atoms with Gasteiger partial charge < -0.3 is 30.2 Å². The molecule has 166 valence electrons. The molecule has 2 amide bonds. The third kappa shape index (κ3) is 7.21. The molecule has 0 aliphatic rings. The Morgan fingerprint density at radius 2 is 1.65 bits per heavy atom. The number of aliphatic carboxylic acids is 1. The first-order chi connectivity index (χ1) is 15.2. The van der Waals surface area contributed by atoms with Crippen molar-refractivity contribution in [2.45, 2.75) is 26.3 Å². The summed E-state index contributed by atoms with van der Waals surface area (Å²) in [6, 6.07) is 12.5. The molecule has 0 spiro atoms. The van der Waals surface area contributed by atoms with Crippen LogP contribution in [0.4, 0.5) is 10.5 Å². The third-order valence-electron chi connectivity index (χ3n) is 5.20. The number of benzene rings is 2. The molecule has 10 heteroatoms. The molecular formula is C24H23N3Na2O5. The molecule has 2 aromatic carbocycles. The van der Waals surface area contributed by atoms with Gasteiger partial charge in [-0.15, -0.1) is 0 Å². The molecule has 0 bridgehead atoms. The number of hydrogen-bond acceptors (Lipinski definition) is 5. The van der Waals surface area contributed by atoms with Crippen molar-refractivity contribution < 1.29 is 78.9 Å². The number of nitrogens with one attached hydrogen (secondary N) is 2. The summed E-state index contributed by atoms with van der Waals surface area (Å²) in [6.07, 6.45) is 0.812. The van der Waals surface area contributed by atoms with E-state index in [1.54, 1.807) is 12.1 Å². The molecular weight excluding hydrogens is 456 g/mol. The van der Waals surface area contributed by atoms with E-state index >= 15 is 0 Å². The van der Waals surface area contributed by atoms with Crippen molar-refractivity contribution in [2.75, 3.05) is 5.32 Å². The molecule has 3 aromatic rings. The van der Waals surface area contributed by atoms with E-state index < -0.39 is 41.5 Å². The smallest absolute Gasteiger partial charge is 0.871 e. The van der Waals surface area contributed by atoms with Crippen LogP contribution in [-0.4, -0.2) is 16.6 Å². The number of pyridine rings is 1. The van der Waals surface area contributed by atoms with Gasteiger partial charge in [0.1, 0.15) is 5.69 Å². The number of carboxylic acids is 1. The maximum Gasteiger partial charge on any atom is 1.00 e. The van der Waals surface area contributed by atoms with Gasteiger partial charge in [-0.2, -0.15) is 0 Å². The molecule has 1 heterocycles. The van der Waals surface area contributed by atoms with Crippen molar-refractivity contribution in [3.63, 3.8) is 0 Å². The summed E-state index contributed by atoms with van der Waals surface area (Å²) in [7, 11) is 1.45. The second-order valence-electron chi connectivity index (χ2n) is 7.59. The first-order valence-corrected chi connectivity index (χ1v) is 9.98. The average molecular weight is 479 g/mol. The molecule has 1 atom stereocenters. The minimum Gasteiger partial charge on any atom is -0.871 e. The van der Waals surface area contributed by atoms with E-state index in [9.17, 15) is 24.6 Å². The third-order valence-corrected chi connectivity index (χ3v) is 5.20. The molecule has 0 saturated carbocycles. The Morgan fingerprint density at radius 1 is 1.03 bits per heavy atom. The minimum atomic E-state index is -1.35. The van der Waals surface area contributed by atoms with Crippen molar-refractivity contribution in [3.05, 3.63) is 81.8 Å². The summed E-state index contributed by atoms with van der Waals surface area (Å²) < 4.78 is 1.16. The van der Waals surface area contributed by atoms with Gasteiger partial charge in [-0.1, -0.05) is 48.2 Å². The fraction of sp³-hybridized carbons (Fsp3) is 0.208. The van der Waals surface area contributed by atoms with E-state index in [0.717, 1.165) is 32.9 Å². The van der Waals surface area contributed by atoms with Crippen molar-refractivity contribution in [1.29, 1.82) is 0 Å². The first-order valence-electron chi connectivity index (χ1n) is 9.98. The molecule has 1 aromatic heterocycles. The Bertz CT molecular complexity index is 1220. The first kappa shape index (κ1) is 30.0. The van der Waals surface area contributed by atoms with Gasteiger partial charge in [0.05, 0.1) is 6.04 Å². The second kappa shape index (κ2) is 13.1. The van der Waals surface area contributed by atoms with E-state index in [2.05, 4.69) is 10.6 Å². The second-order valence-corrected chi connectivity index (χ2v) is 7.59. The zero-order chi connectivity index (χ0) is 23.4. The van der Waals surface area contributed by atoms with Gasteiger partial charge in [-0.3, -0.25) is 4.79 Å². The molecule has 0 unspecified atom stereocenters. The summed E-state index contributed by atoms with van der Waals surface area (Å²) in [5, 5.41) is 28.1. The van der Waals surface area contributed by atoms with E-state index in [4.69, 9.17) is 0 Å². The zero-order valence-electron chi connectivity index (χ0n) is 20.0. The zero-order valence-corrected chi connectivity index (χ0v) is 24.0. The van der Waals surface area contributed by atoms with Crippen LogP contribution in [0.15, 0.2) is 59.5 Å². The standard InChI is InChI=1S/C24H25N3O5.2Na/c1-14-6-4-7-15(2)21(14)17-9-5-8-16(12-17)18(13-20(29)30)25-24(32)26-22-19(28)10-11-27(3)23(22)31;;/h4-12,18,28H,13H2,1-3H3,(H,29,30)(H2,25,26,32);;/q;2*+1/p-2/t18-;;/m0../s1. The Kier molecular flexibility index (Phi) is 11.6. The van der Waals surface area contributed by atoms with Crippen molar-refractivity contribution in [1.82, 2.24) is 9.88 Å². The number of amides is 2. The van der Waals surface area contributed by atoms with Gasteiger partial charge >= 0.3 is 65.1 Å². The predicted molar refractivity (Wildman–Crippen MR) is 117 cm³/mol. The fourth-order valence-electron chi connectivity index (χ4n) is 3.63. The summed E-state index contributed by atoms with van der Waals surface area (Å²) in [5.41, 5.74) is 3.49. The van der Waals surface area contributed by atoms with Crippen molar-refractivity contribution >= 4 is 17.7 Å². The maximum absolute atomic E-state index is 12.5. The number of aromatic nitrogens is 1. The van der Waals surface area contributed by atoms with Crippen LogP contribution in [0.2, 0.25) is 0 Å². The van der Waals surface area contributed by atoms with Crippen LogP contribution in [-0.2, 0) is 11.8 Å². The molecule has 0 saturated heterocycles. The summed E-state index contributed by atoms with van der Waals surface area (Å²) in [6.45, 7) is 3.97. The fourth-order valence-corrected chi connectivity index (χ4v) is 3.63. The maximum atomic E-state index is 12.5. The molecule has 0 aliphatic carbocycles. The van der Waals surface area contributed by atoms with Crippen LogP contribution in [0.25, 0.3) is 11.1 Å². The molecule has 8 nitrogen and oxygen atoms in total. The van der Waals surface area contributed by atoms with Gasteiger partial charge in [0.15, 0.2) is 0 Å². The number of aryl methyl sites for hydroxylation is 3. The van der Waals surface area contributed by atoms with Crippen LogP contribution in [0.5, 0.6) is 5.75 Å². The van der Waals surface area contributed by atoms with Crippen LogP contribution < -0.4 is 85.5 Å². The monoisotopic (exact) mass is 479 g/mol. The number of carbonyl (C=O) groups is 2. The van der Waals surface area contributed by atoms with Gasteiger partial charge in [-0.25, -0.2) is 4.79 Å². The van der Waals surface area contributed by atoms with Crippen LogP contribution in [0.3, 0.4) is 0 Å². The van der Waals surface area contributed by atoms with E-state index in [1.807, 2.05) is 44.2 Å². The Labute approximate surface area is 242 Å². The van der Waals surface area contributed by atoms with E-state index in [0.29, 0.717) is 5.56 Å². The minimum absolute atomic E-state index is 0. The Hall–Kier alpha value is -2.07. The van der Waals surface area contributed by atoms with Crippen LogP contribution in [0.1, 0.15) is 29.2 Å². The Morgan fingerprint density at radius 3 is 2.26 bits per heavy atom. The normalized spacial score (nSPS) is 10.9. The van der Waals surface area contributed by atoms with Gasteiger partial charge in [0.2, 0.25) is 0 Å².